The number of aromatic nitrogens is 4. The third-order valence-corrected chi connectivity index (χ3v) is 4.26. The molecule has 1 aromatic carbocycles. The first-order chi connectivity index (χ1) is 12.6. The zero-order valence-corrected chi connectivity index (χ0v) is 14.7. The van der Waals surface area contributed by atoms with Crippen LogP contribution in [0.4, 0.5) is 17.3 Å². The fourth-order valence-electron chi connectivity index (χ4n) is 2.75. The highest BCUT2D eigenvalue weighted by molar-refractivity contribution is 7.80. The van der Waals surface area contributed by atoms with Gasteiger partial charge in [0.15, 0.2) is 11.5 Å². The lowest BCUT2D eigenvalue weighted by Crippen LogP contribution is -2.40. The van der Waals surface area contributed by atoms with Gasteiger partial charge in [0.1, 0.15) is 5.82 Å². The largest absolute Gasteiger partial charge is 0.382 e. The van der Waals surface area contributed by atoms with E-state index in [0.717, 1.165) is 5.69 Å². The van der Waals surface area contributed by atoms with Gasteiger partial charge in [0.2, 0.25) is 5.16 Å². The molecule has 1 aliphatic heterocycles. The number of rotatable bonds is 3. The first-order valence-corrected chi connectivity index (χ1v) is 8.51. The highest BCUT2D eigenvalue weighted by atomic mass is 32.1. The number of ether oxygens (including phenoxy) is 1. The van der Waals surface area contributed by atoms with Crippen LogP contribution in [0.1, 0.15) is 10.4 Å². The second-order valence-electron chi connectivity index (χ2n) is 5.79. The van der Waals surface area contributed by atoms with Gasteiger partial charge in [0.25, 0.3) is 5.91 Å². The van der Waals surface area contributed by atoms with E-state index in [0.29, 0.717) is 49.1 Å². The number of nitrogens with one attached hydrogen (secondary N) is 1. The van der Waals surface area contributed by atoms with Gasteiger partial charge in [-0.2, -0.15) is 9.50 Å². The lowest BCUT2D eigenvalue weighted by Gasteiger charge is -2.26. The lowest BCUT2D eigenvalue weighted by atomic mass is 10.1. The zero-order chi connectivity index (χ0) is 18.1. The fraction of sp³-hybridized carbons (Fsp3) is 0.250. The number of hydrogen-bond donors (Lipinski definition) is 3. The van der Waals surface area contributed by atoms with Gasteiger partial charge < -0.3 is 20.7 Å². The van der Waals surface area contributed by atoms with Crippen molar-refractivity contribution in [2.75, 3.05) is 37.4 Å². The summed E-state index contributed by atoms with van der Waals surface area (Å²) < 4.78 is 6.75. The van der Waals surface area contributed by atoms with E-state index in [1.807, 2.05) is 12.1 Å². The van der Waals surface area contributed by atoms with E-state index < -0.39 is 0 Å². The molecule has 1 amide bonds. The van der Waals surface area contributed by atoms with Crippen molar-refractivity contribution in [3.8, 4) is 0 Å². The number of hydrogen-bond acceptors (Lipinski definition) is 8. The van der Waals surface area contributed by atoms with Gasteiger partial charge in [-0.1, -0.05) is 0 Å². The molecular weight excluding hydrogens is 354 g/mol. The molecule has 0 spiro atoms. The molecular formula is C16H17N7O2S. The molecule has 0 unspecified atom stereocenters. The number of nitrogens with two attached hydrogens (primary N) is 1. The van der Waals surface area contributed by atoms with Crippen LogP contribution in [0.3, 0.4) is 0 Å². The normalized spacial score (nSPS) is 14.6. The zero-order valence-electron chi connectivity index (χ0n) is 13.8. The van der Waals surface area contributed by atoms with Gasteiger partial charge in [0.05, 0.1) is 19.4 Å². The standard InChI is InChI=1S/C16H17N7O2S/c17-12-9-18-14-13(20-16(26)21-23(12)14)19-11-3-1-10(2-4-11)15(24)22-5-7-25-8-6-22/h1-4,9H,5-8,17H2,(H2,19,20,21,26). The quantitative estimate of drug-likeness (QED) is 0.594. The lowest BCUT2D eigenvalue weighted by molar-refractivity contribution is 0.0303. The maximum absolute atomic E-state index is 12.5. The Morgan fingerprint density at radius 3 is 2.69 bits per heavy atom. The SMILES string of the molecule is Nc1cnc2c(Nc3ccc(C(=O)N4CCOCC4)cc3)nc(S)nn12. The summed E-state index contributed by atoms with van der Waals surface area (Å²) in [5.41, 5.74) is 7.72. The molecule has 2 aromatic heterocycles. The number of thiol groups is 1. The topological polar surface area (TPSA) is 111 Å². The van der Waals surface area contributed by atoms with E-state index in [1.165, 1.54) is 10.7 Å². The number of amides is 1. The Morgan fingerprint density at radius 1 is 1.23 bits per heavy atom. The van der Waals surface area contributed by atoms with Crippen LogP contribution in [-0.4, -0.2) is 56.7 Å². The molecule has 9 nitrogen and oxygen atoms in total. The molecule has 0 atom stereocenters. The maximum Gasteiger partial charge on any atom is 0.254 e. The Balaban J connectivity index is 1.55. The summed E-state index contributed by atoms with van der Waals surface area (Å²) in [5.74, 6) is 0.879. The second-order valence-corrected chi connectivity index (χ2v) is 6.19. The number of carbonyl (C=O) groups is 1. The monoisotopic (exact) mass is 371 g/mol. The Labute approximate surface area is 154 Å². The maximum atomic E-state index is 12.5. The summed E-state index contributed by atoms with van der Waals surface area (Å²) in [6, 6.07) is 7.19. The van der Waals surface area contributed by atoms with Crippen molar-refractivity contribution in [1.29, 1.82) is 0 Å². The van der Waals surface area contributed by atoms with Crippen LogP contribution in [0.5, 0.6) is 0 Å². The summed E-state index contributed by atoms with van der Waals surface area (Å²) in [6.45, 7) is 2.39. The number of morpholine rings is 1. The van der Waals surface area contributed by atoms with Crippen LogP contribution in [-0.2, 0) is 4.74 Å². The molecule has 4 rings (SSSR count). The van der Waals surface area contributed by atoms with Gasteiger partial charge in [-0.3, -0.25) is 4.79 Å². The first kappa shape index (κ1) is 16.6. The number of benzene rings is 1. The van der Waals surface area contributed by atoms with Crippen molar-refractivity contribution in [2.45, 2.75) is 5.16 Å². The van der Waals surface area contributed by atoms with Crippen molar-refractivity contribution in [3.63, 3.8) is 0 Å². The number of nitrogens with zero attached hydrogens (tertiary/aromatic N) is 5. The fourth-order valence-corrected chi connectivity index (χ4v) is 2.94. The van der Waals surface area contributed by atoms with Crippen molar-refractivity contribution >= 4 is 41.5 Å². The van der Waals surface area contributed by atoms with E-state index in [9.17, 15) is 4.79 Å². The minimum absolute atomic E-state index is 0.00273. The highest BCUT2D eigenvalue weighted by Gasteiger charge is 2.18. The molecule has 0 radical (unpaired) electrons. The Kier molecular flexibility index (Phi) is 4.35. The molecule has 0 aliphatic carbocycles. The molecule has 1 fully saturated rings. The van der Waals surface area contributed by atoms with Gasteiger partial charge in [0, 0.05) is 24.3 Å². The number of fused-ring (bicyclic) bond motifs is 1. The molecule has 10 heteroatoms. The summed E-state index contributed by atoms with van der Waals surface area (Å²) in [7, 11) is 0. The summed E-state index contributed by atoms with van der Waals surface area (Å²) >= 11 is 4.19. The predicted molar refractivity (Wildman–Crippen MR) is 98.9 cm³/mol. The molecule has 3 aromatic rings. The van der Waals surface area contributed by atoms with E-state index in [2.05, 4.69) is 33.0 Å². The molecule has 3 heterocycles. The molecule has 134 valence electrons. The molecule has 0 saturated carbocycles. The van der Waals surface area contributed by atoms with Gasteiger partial charge >= 0.3 is 0 Å². The molecule has 3 N–H and O–H groups in total. The third-order valence-electron chi connectivity index (χ3n) is 4.07. The van der Waals surface area contributed by atoms with Gasteiger partial charge in [-0.15, -0.1) is 17.7 Å². The van der Waals surface area contributed by atoms with Crippen molar-refractivity contribution in [1.82, 2.24) is 24.5 Å². The molecule has 1 aliphatic rings. The number of anilines is 3. The Morgan fingerprint density at radius 2 is 1.96 bits per heavy atom. The van der Waals surface area contributed by atoms with Crippen LogP contribution in [0.25, 0.3) is 5.65 Å². The summed E-state index contributed by atoms with van der Waals surface area (Å²) in [6.07, 6.45) is 1.51. The Bertz CT molecular complexity index is 951. The average molecular weight is 371 g/mol. The second kappa shape index (κ2) is 6.81. The minimum atomic E-state index is 0.00273. The average Bonchev–Trinajstić information content (AvgIpc) is 3.03. The summed E-state index contributed by atoms with van der Waals surface area (Å²) in [5, 5.41) is 7.54. The predicted octanol–water partition coefficient (Wildman–Crippen LogP) is 1.21. The summed E-state index contributed by atoms with van der Waals surface area (Å²) in [4.78, 5) is 22.7. The van der Waals surface area contributed by atoms with Crippen LogP contribution in [0.2, 0.25) is 0 Å². The van der Waals surface area contributed by atoms with E-state index in [1.54, 1.807) is 17.0 Å². The third kappa shape index (κ3) is 3.16. The van der Waals surface area contributed by atoms with Crippen LogP contribution in [0, 0.1) is 0 Å². The van der Waals surface area contributed by atoms with Crippen LogP contribution < -0.4 is 11.1 Å². The van der Waals surface area contributed by atoms with E-state index >= 15 is 0 Å². The Hall–Kier alpha value is -2.85. The van der Waals surface area contributed by atoms with Gasteiger partial charge in [-0.25, -0.2) is 4.98 Å². The van der Waals surface area contributed by atoms with Crippen molar-refractivity contribution < 1.29 is 9.53 Å². The van der Waals surface area contributed by atoms with Crippen molar-refractivity contribution in [3.05, 3.63) is 36.0 Å². The number of carbonyl (C=O) groups excluding carboxylic acids is 1. The van der Waals surface area contributed by atoms with E-state index in [4.69, 9.17) is 10.5 Å². The van der Waals surface area contributed by atoms with Crippen LogP contribution in [0.15, 0.2) is 35.6 Å². The first-order valence-electron chi connectivity index (χ1n) is 8.06. The van der Waals surface area contributed by atoms with E-state index in [-0.39, 0.29) is 11.1 Å². The number of nitrogen functional groups attached to an aromatic ring is 1. The minimum Gasteiger partial charge on any atom is -0.382 e. The molecule has 1 saturated heterocycles. The van der Waals surface area contributed by atoms with Crippen LogP contribution >= 0.6 is 12.6 Å². The number of imidazole rings is 1. The highest BCUT2D eigenvalue weighted by Crippen LogP contribution is 2.22. The van der Waals surface area contributed by atoms with Gasteiger partial charge in [-0.05, 0) is 24.3 Å². The molecule has 26 heavy (non-hydrogen) atoms. The van der Waals surface area contributed by atoms with Crippen molar-refractivity contribution in [2.24, 2.45) is 0 Å². The molecule has 0 bridgehead atoms. The smallest absolute Gasteiger partial charge is 0.254 e.